The number of phenolic OH excluding ortho intramolecular Hbond substituents is 1. The third-order valence-electron chi connectivity index (χ3n) is 2.56. The number of hydrogen-bond donors (Lipinski definition) is 2. The molecule has 0 heterocycles. The second kappa shape index (κ2) is 5.87. The van der Waals surface area contributed by atoms with Gasteiger partial charge in [-0.2, -0.15) is 0 Å². The molecule has 1 amide bonds. The number of anilines is 1. The SMILES string of the molecule is O=C(Nc1ccccc1O)c1cc([N+](=O)[O-])ccc1I. The molecule has 0 spiro atoms. The summed E-state index contributed by atoms with van der Waals surface area (Å²) in [6.07, 6.45) is 0. The quantitative estimate of drug-likeness (QED) is 0.368. The Morgan fingerprint density at radius 1 is 1.25 bits per heavy atom. The molecular formula is C13H9IN2O4. The summed E-state index contributed by atoms with van der Waals surface area (Å²) in [7, 11) is 0. The fraction of sp³-hybridized carbons (Fsp3) is 0. The Hall–Kier alpha value is -2.16. The summed E-state index contributed by atoms with van der Waals surface area (Å²) in [6, 6.07) is 10.3. The van der Waals surface area contributed by atoms with E-state index in [9.17, 15) is 20.0 Å². The van der Waals surface area contributed by atoms with Gasteiger partial charge in [0.2, 0.25) is 0 Å². The van der Waals surface area contributed by atoms with Crippen LogP contribution in [0, 0.1) is 13.7 Å². The zero-order valence-corrected chi connectivity index (χ0v) is 12.2. The molecule has 0 aromatic heterocycles. The summed E-state index contributed by atoms with van der Waals surface area (Å²) in [6.45, 7) is 0. The fourth-order valence-electron chi connectivity index (χ4n) is 1.57. The standard InChI is InChI=1S/C13H9IN2O4/c14-10-6-5-8(16(19)20)7-9(10)13(18)15-11-3-1-2-4-12(11)17/h1-7,17H,(H,15,18). The van der Waals surface area contributed by atoms with Gasteiger partial charge in [-0.25, -0.2) is 0 Å². The highest BCUT2D eigenvalue weighted by Crippen LogP contribution is 2.24. The van der Waals surface area contributed by atoms with Crippen LogP contribution in [-0.4, -0.2) is 15.9 Å². The lowest BCUT2D eigenvalue weighted by atomic mass is 10.2. The van der Waals surface area contributed by atoms with Crippen LogP contribution in [0.15, 0.2) is 42.5 Å². The van der Waals surface area contributed by atoms with Crippen molar-refractivity contribution in [2.45, 2.75) is 0 Å². The van der Waals surface area contributed by atoms with Crippen LogP contribution in [0.2, 0.25) is 0 Å². The van der Waals surface area contributed by atoms with Gasteiger partial charge < -0.3 is 10.4 Å². The maximum absolute atomic E-state index is 12.1. The van der Waals surface area contributed by atoms with E-state index in [1.807, 2.05) is 22.6 Å². The Kier molecular flexibility index (Phi) is 4.18. The number of nitrogens with zero attached hydrogens (tertiary/aromatic N) is 1. The molecule has 102 valence electrons. The Morgan fingerprint density at radius 2 is 1.95 bits per heavy atom. The van der Waals surface area contributed by atoms with Gasteiger partial charge in [-0.1, -0.05) is 12.1 Å². The number of aromatic hydroxyl groups is 1. The van der Waals surface area contributed by atoms with Gasteiger partial charge in [0.25, 0.3) is 11.6 Å². The van der Waals surface area contributed by atoms with Crippen molar-refractivity contribution in [1.82, 2.24) is 0 Å². The van der Waals surface area contributed by atoms with Crippen LogP contribution in [0.5, 0.6) is 5.75 Å². The Morgan fingerprint density at radius 3 is 2.60 bits per heavy atom. The number of carbonyl (C=O) groups excluding carboxylic acids is 1. The van der Waals surface area contributed by atoms with E-state index in [0.29, 0.717) is 3.57 Å². The van der Waals surface area contributed by atoms with Gasteiger partial charge in [0, 0.05) is 15.7 Å². The number of hydrogen-bond acceptors (Lipinski definition) is 4. The predicted molar refractivity (Wildman–Crippen MR) is 81.9 cm³/mol. The molecule has 2 aromatic rings. The minimum atomic E-state index is -0.563. The Balaban J connectivity index is 2.32. The van der Waals surface area contributed by atoms with Crippen LogP contribution in [0.1, 0.15) is 10.4 Å². The highest BCUT2D eigenvalue weighted by atomic mass is 127. The number of amides is 1. The maximum Gasteiger partial charge on any atom is 0.270 e. The minimum Gasteiger partial charge on any atom is -0.506 e. The number of nitrogens with one attached hydrogen (secondary N) is 1. The molecule has 0 aliphatic rings. The molecule has 0 atom stereocenters. The van der Waals surface area contributed by atoms with Gasteiger partial charge in [0.05, 0.1) is 16.2 Å². The van der Waals surface area contributed by atoms with Crippen LogP contribution >= 0.6 is 22.6 Å². The minimum absolute atomic E-state index is 0.0683. The monoisotopic (exact) mass is 384 g/mol. The zero-order chi connectivity index (χ0) is 14.7. The second-order valence-corrected chi connectivity index (χ2v) is 5.05. The van der Waals surface area contributed by atoms with Crippen molar-refractivity contribution in [1.29, 1.82) is 0 Å². The van der Waals surface area contributed by atoms with Gasteiger partial charge in [0.1, 0.15) is 5.75 Å². The summed E-state index contributed by atoms with van der Waals surface area (Å²) in [5, 5.41) is 22.8. The van der Waals surface area contributed by atoms with E-state index >= 15 is 0 Å². The summed E-state index contributed by atoms with van der Waals surface area (Å²) in [5.74, 6) is -0.583. The summed E-state index contributed by atoms with van der Waals surface area (Å²) in [4.78, 5) is 22.3. The van der Waals surface area contributed by atoms with Crippen LogP contribution < -0.4 is 5.32 Å². The molecule has 7 heteroatoms. The first kappa shape index (κ1) is 14.3. The van der Waals surface area contributed by atoms with Gasteiger partial charge in [-0.15, -0.1) is 0 Å². The maximum atomic E-state index is 12.1. The second-order valence-electron chi connectivity index (χ2n) is 3.89. The summed E-state index contributed by atoms with van der Waals surface area (Å²) in [5.41, 5.74) is 0.274. The number of rotatable bonds is 3. The third kappa shape index (κ3) is 3.05. The largest absolute Gasteiger partial charge is 0.506 e. The van der Waals surface area contributed by atoms with E-state index in [2.05, 4.69) is 5.32 Å². The van der Waals surface area contributed by atoms with Crippen molar-refractivity contribution in [2.24, 2.45) is 0 Å². The van der Waals surface area contributed by atoms with E-state index in [0.717, 1.165) is 0 Å². The number of nitro benzene ring substituents is 1. The van der Waals surface area contributed by atoms with E-state index in [1.165, 1.54) is 30.3 Å². The third-order valence-corrected chi connectivity index (χ3v) is 3.50. The molecule has 2 rings (SSSR count). The Labute approximate surface area is 127 Å². The van der Waals surface area contributed by atoms with Gasteiger partial charge in [-0.3, -0.25) is 14.9 Å². The lowest BCUT2D eigenvalue weighted by molar-refractivity contribution is -0.384. The van der Waals surface area contributed by atoms with Gasteiger partial charge in [0.15, 0.2) is 0 Å². The average molecular weight is 384 g/mol. The van der Waals surface area contributed by atoms with Crippen LogP contribution in [0.3, 0.4) is 0 Å². The number of phenols is 1. The molecule has 0 saturated heterocycles. The molecule has 0 aliphatic carbocycles. The number of non-ortho nitro benzene ring substituents is 1. The highest BCUT2D eigenvalue weighted by Gasteiger charge is 2.16. The number of para-hydroxylation sites is 2. The lowest BCUT2D eigenvalue weighted by Crippen LogP contribution is -2.13. The van der Waals surface area contributed by atoms with Crippen LogP contribution in [0.25, 0.3) is 0 Å². The van der Waals surface area contributed by atoms with Crippen molar-refractivity contribution in [2.75, 3.05) is 5.32 Å². The van der Waals surface area contributed by atoms with Crippen LogP contribution in [-0.2, 0) is 0 Å². The molecule has 0 unspecified atom stereocenters. The first-order valence-corrected chi connectivity index (χ1v) is 6.60. The molecule has 0 aliphatic heterocycles. The molecule has 2 N–H and O–H groups in total. The molecular weight excluding hydrogens is 375 g/mol. The van der Waals surface area contributed by atoms with E-state index in [4.69, 9.17) is 0 Å². The van der Waals surface area contributed by atoms with Crippen molar-refractivity contribution in [3.8, 4) is 5.75 Å². The van der Waals surface area contributed by atoms with Gasteiger partial charge in [-0.05, 0) is 40.8 Å². The summed E-state index contributed by atoms with van der Waals surface area (Å²) < 4.78 is 0.584. The van der Waals surface area contributed by atoms with E-state index in [-0.39, 0.29) is 22.7 Å². The predicted octanol–water partition coefficient (Wildman–Crippen LogP) is 3.16. The smallest absolute Gasteiger partial charge is 0.270 e. The first-order chi connectivity index (χ1) is 9.49. The molecule has 0 fully saturated rings. The van der Waals surface area contributed by atoms with Crippen molar-refractivity contribution in [3.63, 3.8) is 0 Å². The van der Waals surface area contributed by atoms with Crippen LogP contribution in [0.4, 0.5) is 11.4 Å². The van der Waals surface area contributed by atoms with E-state index in [1.54, 1.807) is 12.1 Å². The number of halogens is 1. The highest BCUT2D eigenvalue weighted by molar-refractivity contribution is 14.1. The molecule has 0 saturated carbocycles. The number of nitro groups is 1. The molecule has 0 bridgehead atoms. The number of carbonyl (C=O) groups is 1. The zero-order valence-electron chi connectivity index (χ0n) is 10.0. The Bertz CT molecular complexity index is 688. The summed E-state index contributed by atoms with van der Waals surface area (Å²) >= 11 is 1.92. The lowest BCUT2D eigenvalue weighted by Gasteiger charge is -2.08. The van der Waals surface area contributed by atoms with Crippen molar-refractivity contribution < 1.29 is 14.8 Å². The normalized spacial score (nSPS) is 10.1. The molecule has 0 radical (unpaired) electrons. The molecule has 2 aromatic carbocycles. The van der Waals surface area contributed by atoms with E-state index < -0.39 is 10.8 Å². The number of benzene rings is 2. The van der Waals surface area contributed by atoms with Crippen molar-refractivity contribution in [3.05, 3.63) is 61.7 Å². The fourth-order valence-corrected chi connectivity index (χ4v) is 2.15. The topological polar surface area (TPSA) is 92.5 Å². The van der Waals surface area contributed by atoms with Crippen molar-refractivity contribution >= 4 is 39.9 Å². The average Bonchev–Trinajstić information content (AvgIpc) is 2.41. The van der Waals surface area contributed by atoms with Gasteiger partial charge >= 0.3 is 0 Å². The first-order valence-electron chi connectivity index (χ1n) is 5.52. The molecule has 20 heavy (non-hydrogen) atoms. The molecule has 6 nitrogen and oxygen atoms in total.